The number of nitrogens with one attached hydrogen (secondary N) is 1. The van der Waals surface area contributed by atoms with Crippen LogP contribution in [0.3, 0.4) is 0 Å². The van der Waals surface area contributed by atoms with Gasteiger partial charge >= 0.3 is 6.09 Å². The van der Waals surface area contributed by atoms with Crippen molar-refractivity contribution in [2.45, 2.75) is 77.9 Å². The number of carbonyl (C=O) groups is 2. The molecule has 6 heteroatoms. The van der Waals surface area contributed by atoms with Gasteiger partial charge in [0.15, 0.2) is 0 Å². The van der Waals surface area contributed by atoms with Gasteiger partial charge in [-0.1, -0.05) is 32.0 Å². The number of hydrogen-bond donors (Lipinski definition) is 1. The highest BCUT2D eigenvalue weighted by atomic mass is 16.7. The maximum Gasteiger partial charge on any atom is 0.430 e. The molecule has 1 aromatic carbocycles. The monoisotopic (exact) mass is 375 g/mol. The second-order valence-corrected chi connectivity index (χ2v) is 8.78. The summed E-state index contributed by atoms with van der Waals surface area (Å²) in [6, 6.07) is 9.15. The van der Waals surface area contributed by atoms with E-state index < -0.39 is 17.2 Å². The number of anilines is 1. The molecule has 0 aliphatic carbocycles. The summed E-state index contributed by atoms with van der Waals surface area (Å²) in [6.07, 6.45) is 0.519. The second-order valence-electron chi connectivity index (χ2n) is 8.78. The van der Waals surface area contributed by atoms with Gasteiger partial charge in [0.1, 0.15) is 5.54 Å². The Bertz CT molecular complexity index is 676. The molecule has 1 heterocycles. The fourth-order valence-corrected chi connectivity index (χ4v) is 3.78. The van der Waals surface area contributed by atoms with Crippen LogP contribution >= 0.6 is 0 Å². The molecule has 27 heavy (non-hydrogen) atoms. The average molecular weight is 376 g/mol. The Hall–Kier alpha value is -2.08. The predicted octanol–water partition coefficient (Wildman–Crippen LogP) is 4.43. The number of amides is 2. The topological polar surface area (TPSA) is 61.9 Å². The highest BCUT2D eigenvalue weighted by Gasteiger charge is 2.58. The zero-order valence-electron chi connectivity index (χ0n) is 17.6. The molecular weight excluding hydrogens is 342 g/mol. The van der Waals surface area contributed by atoms with E-state index in [1.54, 1.807) is 17.2 Å². The molecule has 0 atom stereocenters. The Balaban J connectivity index is 2.34. The first-order chi connectivity index (χ1) is 12.5. The number of piperazine rings is 1. The summed E-state index contributed by atoms with van der Waals surface area (Å²) in [5.74, 6) is 0.00633. The third kappa shape index (κ3) is 4.10. The predicted molar refractivity (Wildman–Crippen MR) is 107 cm³/mol. The number of rotatable bonds is 4. The van der Waals surface area contributed by atoms with Crippen molar-refractivity contribution in [2.75, 3.05) is 11.9 Å². The largest absolute Gasteiger partial charge is 0.430 e. The highest BCUT2D eigenvalue weighted by Crippen LogP contribution is 2.40. The number of benzene rings is 1. The van der Waals surface area contributed by atoms with Gasteiger partial charge in [0.05, 0.1) is 5.54 Å². The Kier molecular flexibility index (Phi) is 5.90. The molecule has 1 aromatic rings. The van der Waals surface area contributed by atoms with Crippen LogP contribution < -0.4 is 5.32 Å². The van der Waals surface area contributed by atoms with Gasteiger partial charge in [-0.2, -0.15) is 0 Å². The van der Waals surface area contributed by atoms with Crippen molar-refractivity contribution >= 4 is 17.7 Å². The Morgan fingerprint density at radius 3 is 2.19 bits per heavy atom. The van der Waals surface area contributed by atoms with Crippen molar-refractivity contribution in [3.05, 3.63) is 30.3 Å². The number of carbonyl (C=O) groups excluding carboxylic acids is 2. The minimum Gasteiger partial charge on any atom is -0.349 e. The van der Waals surface area contributed by atoms with Gasteiger partial charge in [0.25, 0.3) is 0 Å². The number of para-hydroxylation sites is 1. The number of hydroxylamine groups is 2. The molecule has 1 fully saturated rings. The standard InChI is InChI=1S/C21H33N3O3/c1-8-21(9-2)17(25)23(19(3,4)5)15-20(6,7)24(21)27-18(26)22-16-13-11-10-12-14-16/h10-14H,8-9,15H2,1-7H3,(H,22,26). The SMILES string of the molecule is CCC1(CC)C(=O)N(C(C)(C)C)CC(C)(C)N1OC(=O)Nc1ccccc1. The van der Waals surface area contributed by atoms with E-state index in [4.69, 9.17) is 4.84 Å². The zero-order chi connectivity index (χ0) is 20.5. The summed E-state index contributed by atoms with van der Waals surface area (Å²) < 4.78 is 0. The average Bonchev–Trinajstić information content (AvgIpc) is 2.59. The maximum atomic E-state index is 13.5. The molecule has 2 amide bonds. The van der Waals surface area contributed by atoms with E-state index in [0.29, 0.717) is 25.1 Å². The molecule has 1 aliphatic heterocycles. The van der Waals surface area contributed by atoms with Crippen LogP contribution in [0.2, 0.25) is 0 Å². The quantitative estimate of drug-likeness (QED) is 0.846. The van der Waals surface area contributed by atoms with Crippen LogP contribution in [0.1, 0.15) is 61.3 Å². The third-order valence-electron chi connectivity index (χ3n) is 5.30. The fourth-order valence-electron chi connectivity index (χ4n) is 3.78. The van der Waals surface area contributed by atoms with Crippen LogP contribution in [0.4, 0.5) is 10.5 Å². The van der Waals surface area contributed by atoms with Gasteiger partial charge in [-0.15, -0.1) is 5.06 Å². The first kappa shape index (κ1) is 21.2. The van der Waals surface area contributed by atoms with Crippen LogP contribution in [-0.2, 0) is 9.63 Å². The third-order valence-corrected chi connectivity index (χ3v) is 5.30. The van der Waals surface area contributed by atoms with Crippen LogP contribution in [0.5, 0.6) is 0 Å². The van der Waals surface area contributed by atoms with E-state index in [0.717, 1.165) is 0 Å². The van der Waals surface area contributed by atoms with E-state index in [2.05, 4.69) is 5.32 Å². The molecule has 150 valence electrons. The van der Waals surface area contributed by atoms with Gasteiger partial charge in [-0.25, -0.2) is 4.79 Å². The fraction of sp³-hybridized carbons (Fsp3) is 0.619. The minimum absolute atomic E-state index is 0.00633. The van der Waals surface area contributed by atoms with Crippen molar-refractivity contribution in [1.29, 1.82) is 0 Å². The van der Waals surface area contributed by atoms with E-state index in [1.807, 2.05) is 71.6 Å². The molecular formula is C21H33N3O3. The molecule has 2 rings (SSSR count). The van der Waals surface area contributed by atoms with Gasteiger partial charge in [0.2, 0.25) is 5.91 Å². The van der Waals surface area contributed by atoms with Gasteiger partial charge in [-0.3, -0.25) is 10.1 Å². The van der Waals surface area contributed by atoms with E-state index in [9.17, 15) is 9.59 Å². The van der Waals surface area contributed by atoms with Crippen LogP contribution in [0.25, 0.3) is 0 Å². The van der Waals surface area contributed by atoms with Crippen LogP contribution in [-0.4, -0.2) is 45.1 Å². The molecule has 1 saturated heterocycles. The zero-order valence-corrected chi connectivity index (χ0v) is 17.6. The lowest BCUT2D eigenvalue weighted by atomic mass is 9.81. The summed E-state index contributed by atoms with van der Waals surface area (Å²) in [4.78, 5) is 33.7. The van der Waals surface area contributed by atoms with Crippen molar-refractivity contribution in [3.63, 3.8) is 0 Å². The van der Waals surface area contributed by atoms with Crippen LogP contribution in [0, 0.1) is 0 Å². The van der Waals surface area contributed by atoms with Crippen molar-refractivity contribution in [3.8, 4) is 0 Å². The Morgan fingerprint density at radius 1 is 1.15 bits per heavy atom. The molecule has 0 bridgehead atoms. The van der Waals surface area contributed by atoms with Gasteiger partial charge < -0.3 is 9.74 Å². The molecule has 0 unspecified atom stereocenters. The summed E-state index contributed by atoms with van der Waals surface area (Å²) in [7, 11) is 0. The van der Waals surface area contributed by atoms with Crippen molar-refractivity contribution in [1.82, 2.24) is 9.96 Å². The summed E-state index contributed by atoms with van der Waals surface area (Å²) >= 11 is 0. The normalized spacial score (nSPS) is 19.7. The van der Waals surface area contributed by atoms with Crippen LogP contribution in [0.15, 0.2) is 30.3 Å². The van der Waals surface area contributed by atoms with E-state index in [1.165, 1.54) is 0 Å². The molecule has 6 nitrogen and oxygen atoms in total. The molecule has 0 spiro atoms. The van der Waals surface area contributed by atoms with E-state index in [-0.39, 0.29) is 11.4 Å². The van der Waals surface area contributed by atoms with Crippen molar-refractivity contribution < 1.29 is 14.4 Å². The Labute approximate surface area is 162 Å². The molecule has 0 saturated carbocycles. The molecule has 1 aliphatic rings. The Morgan fingerprint density at radius 2 is 1.70 bits per heavy atom. The smallest absolute Gasteiger partial charge is 0.349 e. The first-order valence-electron chi connectivity index (χ1n) is 9.64. The lowest BCUT2D eigenvalue weighted by Gasteiger charge is -2.57. The lowest BCUT2D eigenvalue weighted by molar-refractivity contribution is -0.257. The molecule has 0 aromatic heterocycles. The molecule has 1 N–H and O–H groups in total. The van der Waals surface area contributed by atoms with E-state index >= 15 is 0 Å². The second kappa shape index (κ2) is 7.50. The van der Waals surface area contributed by atoms with Gasteiger partial charge in [0, 0.05) is 17.8 Å². The summed E-state index contributed by atoms with van der Waals surface area (Å²) in [6.45, 7) is 14.5. The first-order valence-corrected chi connectivity index (χ1v) is 9.64. The molecule has 0 radical (unpaired) electrons. The summed E-state index contributed by atoms with van der Waals surface area (Å²) in [5.41, 5.74) is -1.06. The lowest BCUT2D eigenvalue weighted by Crippen LogP contribution is -2.75. The van der Waals surface area contributed by atoms with Gasteiger partial charge in [-0.05, 0) is 59.6 Å². The maximum absolute atomic E-state index is 13.5. The van der Waals surface area contributed by atoms with Crippen molar-refractivity contribution in [2.24, 2.45) is 0 Å². The number of nitrogens with zero attached hydrogens (tertiary/aromatic N) is 2. The number of hydrogen-bond acceptors (Lipinski definition) is 4. The highest BCUT2D eigenvalue weighted by molar-refractivity contribution is 5.89. The minimum atomic E-state index is -0.886. The summed E-state index contributed by atoms with van der Waals surface area (Å²) in [5, 5.41) is 4.37.